The number of hydrogen-bond donors (Lipinski definition) is 1. The molecule has 0 aromatic carbocycles. The van der Waals surface area contributed by atoms with E-state index in [1.165, 1.54) is 12.0 Å². The minimum absolute atomic E-state index is 0.158. The van der Waals surface area contributed by atoms with Crippen molar-refractivity contribution in [2.45, 2.75) is 58.5 Å². The van der Waals surface area contributed by atoms with E-state index in [9.17, 15) is 9.90 Å². The smallest absolute Gasteiger partial charge is 0.139 e. The largest absolute Gasteiger partial charge is 0.389 e. The van der Waals surface area contributed by atoms with Gasteiger partial charge in [-0.3, -0.25) is 4.79 Å². The summed E-state index contributed by atoms with van der Waals surface area (Å²) in [5, 5.41) is 10.8. The van der Waals surface area contributed by atoms with Crippen LogP contribution in [0.3, 0.4) is 0 Å². The first-order chi connectivity index (χ1) is 9.97. The van der Waals surface area contributed by atoms with Crippen LogP contribution in [0.5, 0.6) is 0 Å². The zero-order chi connectivity index (χ0) is 14.8. The Morgan fingerprint density at radius 2 is 1.90 bits per heavy atom. The molecule has 0 saturated heterocycles. The molecule has 2 saturated carbocycles. The lowest BCUT2D eigenvalue weighted by Crippen LogP contribution is -2.53. The number of ketones is 1. The Morgan fingerprint density at radius 1 is 1.14 bits per heavy atom. The number of Topliss-reactive ketones (excluding diaryl/α,β-unsaturated/α-hetero) is 1. The lowest BCUT2D eigenvalue weighted by Gasteiger charge is -2.56. The monoisotopic (exact) mass is 286 g/mol. The van der Waals surface area contributed by atoms with Crippen molar-refractivity contribution < 1.29 is 9.90 Å². The van der Waals surface area contributed by atoms with Crippen molar-refractivity contribution in [3.05, 3.63) is 23.8 Å². The summed E-state index contributed by atoms with van der Waals surface area (Å²) in [4.78, 5) is 12.4. The minimum atomic E-state index is -0.364. The molecule has 0 aromatic rings. The van der Waals surface area contributed by atoms with Gasteiger partial charge in [-0.1, -0.05) is 32.1 Å². The van der Waals surface area contributed by atoms with Crippen LogP contribution in [0.1, 0.15) is 52.4 Å². The van der Waals surface area contributed by atoms with E-state index in [-0.39, 0.29) is 22.9 Å². The summed E-state index contributed by atoms with van der Waals surface area (Å²) in [6.45, 7) is 4.56. The highest BCUT2D eigenvalue weighted by Crippen LogP contribution is 2.63. The van der Waals surface area contributed by atoms with Crippen LogP contribution in [-0.2, 0) is 4.79 Å². The molecule has 114 valence electrons. The van der Waals surface area contributed by atoms with Crippen molar-refractivity contribution in [3.63, 3.8) is 0 Å². The molecule has 6 atom stereocenters. The van der Waals surface area contributed by atoms with Crippen LogP contribution in [-0.4, -0.2) is 17.0 Å². The van der Waals surface area contributed by atoms with Crippen LogP contribution in [0.4, 0.5) is 0 Å². The van der Waals surface area contributed by atoms with Gasteiger partial charge in [-0.2, -0.15) is 0 Å². The number of aliphatic hydroxyl groups is 1. The Bertz CT molecular complexity index is 546. The molecule has 0 heterocycles. The summed E-state index contributed by atoms with van der Waals surface area (Å²) in [5.41, 5.74) is 1.40. The van der Waals surface area contributed by atoms with Crippen molar-refractivity contribution >= 4 is 5.78 Å². The van der Waals surface area contributed by atoms with Gasteiger partial charge in [0.2, 0.25) is 0 Å². The Hall–Kier alpha value is -0.890. The summed E-state index contributed by atoms with van der Waals surface area (Å²) in [6.07, 6.45) is 12.4. The van der Waals surface area contributed by atoms with Crippen LogP contribution in [0, 0.1) is 28.6 Å². The molecule has 1 N–H and O–H groups in total. The number of hydrogen-bond acceptors (Lipinski definition) is 2. The summed E-state index contributed by atoms with van der Waals surface area (Å²) >= 11 is 0. The fourth-order valence-corrected chi connectivity index (χ4v) is 6.06. The van der Waals surface area contributed by atoms with E-state index < -0.39 is 0 Å². The molecule has 4 rings (SSSR count). The third-order valence-electron chi connectivity index (χ3n) is 7.39. The number of carbonyl (C=O) groups is 1. The number of allylic oxidation sites excluding steroid dienone is 3. The molecule has 4 aliphatic carbocycles. The third-order valence-corrected chi connectivity index (χ3v) is 7.39. The van der Waals surface area contributed by atoms with Crippen LogP contribution < -0.4 is 0 Å². The van der Waals surface area contributed by atoms with Crippen molar-refractivity contribution in [1.29, 1.82) is 0 Å². The second-order valence-electron chi connectivity index (χ2n) is 8.18. The fourth-order valence-electron chi connectivity index (χ4n) is 6.06. The molecule has 0 unspecified atom stereocenters. The molecule has 0 amide bonds. The van der Waals surface area contributed by atoms with Gasteiger partial charge < -0.3 is 5.11 Å². The molecule has 0 radical (unpaired) electrons. The van der Waals surface area contributed by atoms with Gasteiger partial charge in [-0.25, -0.2) is 0 Å². The van der Waals surface area contributed by atoms with Gasteiger partial charge in [0.05, 0.1) is 6.10 Å². The maximum atomic E-state index is 12.4. The van der Waals surface area contributed by atoms with Crippen LogP contribution in [0.2, 0.25) is 0 Å². The third kappa shape index (κ3) is 1.66. The SMILES string of the molecule is C[C@]12CCC=CC1=C[C@H](O)[C@@H]1[C@@H]2CC[C@]2(C)C(=O)CC[C@@H]12. The molecule has 0 aromatic heterocycles. The second kappa shape index (κ2) is 4.32. The fraction of sp³-hybridized carbons (Fsp3) is 0.737. The topological polar surface area (TPSA) is 37.3 Å². The van der Waals surface area contributed by atoms with Crippen molar-refractivity contribution in [3.8, 4) is 0 Å². The number of fused-ring (bicyclic) bond motifs is 5. The Balaban J connectivity index is 1.79. The molecule has 21 heavy (non-hydrogen) atoms. The highest BCUT2D eigenvalue weighted by atomic mass is 16.3. The van der Waals surface area contributed by atoms with E-state index in [1.807, 2.05) is 0 Å². The molecular formula is C19H26O2. The zero-order valence-corrected chi connectivity index (χ0v) is 13.1. The Kier molecular flexibility index (Phi) is 2.83. The van der Waals surface area contributed by atoms with Crippen molar-refractivity contribution in [2.24, 2.45) is 28.6 Å². The van der Waals surface area contributed by atoms with Gasteiger partial charge >= 0.3 is 0 Å². The summed E-state index contributed by atoms with van der Waals surface area (Å²) in [6, 6.07) is 0. The van der Waals surface area contributed by atoms with E-state index in [1.54, 1.807) is 0 Å². The second-order valence-corrected chi connectivity index (χ2v) is 8.18. The molecule has 0 bridgehead atoms. The van der Waals surface area contributed by atoms with Crippen molar-refractivity contribution in [1.82, 2.24) is 0 Å². The Labute approximate surface area is 127 Å². The number of rotatable bonds is 0. The minimum Gasteiger partial charge on any atom is -0.389 e. The first-order valence-electron chi connectivity index (χ1n) is 8.57. The number of aliphatic hydroxyl groups excluding tert-OH is 1. The summed E-state index contributed by atoms with van der Waals surface area (Å²) < 4.78 is 0. The molecule has 0 aliphatic heterocycles. The van der Waals surface area contributed by atoms with Gasteiger partial charge in [0.1, 0.15) is 5.78 Å². The summed E-state index contributed by atoms with van der Waals surface area (Å²) in [7, 11) is 0. The van der Waals surface area contributed by atoms with Gasteiger partial charge in [0.25, 0.3) is 0 Å². The van der Waals surface area contributed by atoms with Crippen LogP contribution in [0.25, 0.3) is 0 Å². The maximum absolute atomic E-state index is 12.4. The molecule has 0 spiro atoms. The summed E-state index contributed by atoms with van der Waals surface area (Å²) in [5.74, 6) is 1.66. The lowest BCUT2D eigenvalue weighted by molar-refractivity contribution is -0.134. The highest BCUT2D eigenvalue weighted by molar-refractivity contribution is 5.87. The van der Waals surface area contributed by atoms with E-state index in [0.717, 1.165) is 32.1 Å². The van der Waals surface area contributed by atoms with Gasteiger partial charge in [-0.15, -0.1) is 0 Å². The lowest BCUT2D eigenvalue weighted by atomic mass is 9.48. The van der Waals surface area contributed by atoms with E-state index in [0.29, 0.717) is 17.6 Å². The quantitative estimate of drug-likeness (QED) is 0.738. The van der Waals surface area contributed by atoms with Gasteiger partial charge in [0, 0.05) is 11.8 Å². The first kappa shape index (κ1) is 13.8. The first-order valence-corrected chi connectivity index (χ1v) is 8.57. The Morgan fingerprint density at radius 3 is 2.71 bits per heavy atom. The van der Waals surface area contributed by atoms with Gasteiger partial charge in [-0.05, 0) is 60.8 Å². The molecular weight excluding hydrogens is 260 g/mol. The average molecular weight is 286 g/mol. The maximum Gasteiger partial charge on any atom is 0.139 e. The van der Waals surface area contributed by atoms with E-state index in [2.05, 4.69) is 32.1 Å². The van der Waals surface area contributed by atoms with Crippen LogP contribution >= 0.6 is 0 Å². The highest BCUT2D eigenvalue weighted by Gasteiger charge is 2.60. The van der Waals surface area contributed by atoms with E-state index >= 15 is 0 Å². The molecule has 2 nitrogen and oxygen atoms in total. The normalized spacial score (nSPS) is 52.0. The average Bonchev–Trinajstić information content (AvgIpc) is 2.76. The van der Waals surface area contributed by atoms with Crippen LogP contribution in [0.15, 0.2) is 23.8 Å². The molecule has 4 aliphatic rings. The predicted molar refractivity (Wildman–Crippen MR) is 82.6 cm³/mol. The zero-order valence-electron chi connectivity index (χ0n) is 13.1. The molecule has 2 heteroatoms. The van der Waals surface area contributed by atoms with Crippen molar-refractivity contribution in [2.75, 3.05) is 0 Å². The molecule has 2 fully saturated rings. The number of carbonyl (C=O) groups excluding carboxylic acids is 1. The predicted octanol–water partition coefficient (Wildman–Crippen LogP) is 3.66. The standard InChI is InChI=1S/C19H26O2/c1-18-9-4-3-5-12(18)11-15(20)17-13-6-7-16(21)19(13,2)10-8-14(17)18/h3,5,11,13-15,17,20H,4,6-10H2,1-2H3/t13-,14-,15-,17-,18-,19-/m0/s1. The van der Waals surface area contributed by atoms with E-state index in [4.69, 9.17) is 0 Å². The van der Waals surface area contributed by atoms with Gasteiger partial charge in [0.15, 0.2) is 0 Å².